The van der Waals surface area contributed by atoms with Crippen molar-refractivity contribution < 1.29 is 19.2 Å². The standard InChI is InChI=1S/C11H11NO5/c1-7(13)8(2)17-11(14)9-3-5-10(6-4-9)12(15)16/h3-6,8H,1-2H3/t8-/m1/s1. The Bertz CT molecular complexity index is 451. The zero-order valence-corrected chi connectivity index (χ0v) is 9.38. The highest BCUT2D eigenvalue weighted by Gasteiger charge is 2.16. The Hall–Kier alpha value is -2.24. The SMILES string of the molecule is CC(=O)[C@@H](C)OC(=O)c1ccc([N+](=O)[O-])cc1. The third-order valence-corrected chi connectivity index (χ3v) is 2.17. The van der Waals surface area contributed by atoms with E-state index in [9.17, 15) is 19.7 Å². The maximum atomic E-state index is 11.5. The number of ketones is 1. The summed E-state index contributed by atoms with van der Waals surface area (Å²) in [6.45, 7) is 2.78. The number of hydrogen-bond acceptors (Lipinski definition) is 5. The predicted molar refractivity (Wildman–Crippen MR) is 58.7 cm³/mol. The molecule has 0 fully saturated rings. The highest BCUT2D eigenvalue weighted by Crippen LogP contribution is 2.13. The van der Waals surface area contributed by atoms with Crippen LogP contribution in [0.2, 0.25) is 0 Å². The zero-order chi connectivity index (χ0) is 13.0. The Morgan fingerprint density at radius 2 is 1.82 bits per heavy atom. The number of ether oxygens (including phenoxy) is 1. The summed E-state index contributed by atoms with van der Waals surface area (Å²) in [5.41, 5.74) is 0.0601. The third-order valence-electron chi connectivity index (χ3n) is 2.17. The Kier molecular flexibility index (Phi) is 3.92. The van der Waals surface area contributed by atoms with Gasteiger partial charge < -0.3 is 4.74 Å². The molecule has 0 saturated heterocycles. The van der Waals surface area contributed by atoms with Crippen molar-refractivity contribution in [1.82, 2.24) is 0 Å². The number of nitrogens with zero attached hydrogens (tertiary/aromatic N) is 1. The average molecular weight is 237 g/mol. The monoisotopic (exact) mass is 237 g/mol. The molecule has 1 atom stereocenters. The highest BCUT2D eigenvalue weighted by atomic mass is 16.6. The molecule has 0 saturated carbocycles. The van der Waals surface area contributed by atoms with Gasteiger partial charge in [0.2, 0.25) is 0 Å². The van der Waals surface area contributed by atoms with Gasteiger partial charge >= 0.3 is 5.97 Å². The molecule has 1 aromatic carbocycles. The fourth-order valence-electron chi connectivity index (χ4n) is 1.03. The molecule has 0 unspecified atom stereocenters. The van der Waals surface area contributed by atoms with E-state index in [0.29, 0.717) is 0 Å². The van der Waals surface area contributed by atoms with Crippen molar-refractivity contribution in [2.75, 3.05) is 0 Å². The van der Waals surface area contributed by atoms with E-state index in [0.717, 1.165) is 0 Å². The third kappa shape index (κ3) is 3.37. The zero-order valence-electron chi connectivity index (χ0n) is 9.38. The Morgan fingerprint density at radius 1 is 1.29 bits per heavy atom. The van der Waals surface area contributed by atoms with E-state index in [1.165, 1.54) is 38.1 Å². The van der Waals surface area contributed by atoms with E-state index in [2.05, 4.69) is 0 Å². The van der Waals surface area contributed by atoms with Crippen molar-refractivity contribution in [3.63, 3.8) is 0 Å². The minimum atomic E-state index is -0.822. The van der Waals surface area contributed by atoms with Crippen LogP contribution in [0.5, 0.6) is 0 Å². The first-order chi connectivity index (χ1) is 7.91. The number of esters is 1. The number of carbonyl (C=O) groups excluding carboxylic acids is 2. The minimum absolute atomic E-state index is 0.110. The molecule has 1 rings (SSSR count). The van der Waals surface area contributed by atoms with Gasteiger partial charge in [-0.15, -0.1) is 0 Å². The van der Waals surface area contributed by atoms with Crippen LogP contribution in [-0.2, 0) is 9.53 Å². The summed E-state index contributed by atoms with van der Waals surface area (Å²) in [5, 5.41) is 10.4. The number of Topliss-reactive ketones (excluding diaryl/α,β-unsaturated/α-hetero) is 1. The van der Waals surface area contributed by atoms with Gasteiger partial charge in [0.1, 0.15) is 0 Å². The summed E-state index contributed by atoms with van der Waals surface area (Å²) in [6.07, 6.45) is -0.822. The van der Waals surface area contributed by atoms with Gasteiger partial charge in [0, 0.05) is 12.1 Å². The van der Waals surface area contributed by atoms with E-state index in [1.54, 1.807) is 0 Å². The van der Waals surface area contributed by atoms with Gasteiger partial charge in [0.25, 0.3) is 5.69 Å². The van der Waals surface area contributed by atoms with Crippen LogP contribution in [0, 0.1) is 10.1 Å². The highest BCUT2D eigenvalue weighted by molar-refractivity contribution is 5.92. The molecule has 0 aliphatic rings. The molecule has 0 aliphatic heterocycles. The Morgan fingerprint density at radius 3 is 2.24 bits per heavy atom. The van der Waals surface area contributed by atoms with E-state index >= 15 is 0 Å². The molecule has 0 aliphatic carbocycles. The first-order valence-corrected chi connectivity index (χ1v) is 4.87. The quantitative estimate of drug-likeness (QED) is 0.452. The van der Waals surface area contributed by atoms with Crippen LogP contribution < -0.4 is 0 Å². The van der Waals surface area contributed by atoms with Gasteiger partial charge in [-0.05, 0) is 26.0 Å². The molecule has 0 bridgehead atoms. The van der Waals surface area contributed by atoms with Crippen LogP contribution >= 0.6 is 0 Å². The minimum Gasteiger partial charge on any atom is -0.451 e. The van der Waals surface area contributed by atoms with Crippen molar-refractivity contribution in [2.24, 2.45) is 0 Å². The van der Waals surface area contributed by atoms with Gasteiger partial charge in [0.05, 0.1) is 10.5 Å². The molecule has 0 spiro atoms. The fourth-order valence-corrected chi connectivity index (χ4v) is 1.03. The van der Waals surface area contributed by atoms with E-state index in [-0.39, 0.29) is 17.0 Å². The molecule has 1 aromatic rings. The predicted octanol–water partition coefficient (Wildman–Crippen LogP) is 1.73. The van der Waals surface area contributed by atoms with Crippen molar-refractivity contribution >= 4 is 17.4 Å². The van der Waals surface area contributed by atoms with E-state index in [4.69, 9.17) is 4.74 Å². The molecule has 0 aromatic heterocycles. The fraction of sp³-hybridized carbons (Fsp3) is 0.273. The summed E-state index contributed by atoms with van der Waals surface area (Å²) in [7, 11) is 0. The van der Waals surface area contributed by atoms with Crippen LogP contribution in [0.4, 0.5) is 5.69 Å². The summed E-state index contributed by atoms with van der Waals surface area (Å²) in [5.74, 6) is -0.942. The number of nitro groups is 1. The summed E-state index contributed by atoms with van der Waals surface area (Å²) < 4.78 is 4.84. The molecule has 6 heteroatoms. The topological polar surface area (TPSA) is 86.5 Å². The molecule has 17 heavy (non-hydrogen) atoms. The summed E-state index contributed by atoms with van der Waals surface area (Å²) in [6, 6.07) is 4.98. The molecule has 0 radical (unpaired) electrons. The van der Waals surface area contributed by atoms with E-state index < -0.39 is 17.0 Å². The first-order valence-electron chi connectivity index (χ1n) is 4.87. The number of non-ortho nitro benzene ring substituents is 1. The van der Waals surface area contributed by atoms with Crippen LogP contribution in [0.1, 0.15) is 24.2 Å². The Labute approximate surface area is 97.3 Å². The molecule has 90 valence electrons. The van der Waals surface area contributed by atoms with E-state index in [1.807, 2.05) is 0 Å². The van der Waals surface area contributed by atoms with Gasteiger partial charge in [-0.25, -0.2) is 4.79 Å². The maximum Gasteiger partial charge on any atom is 0.338 e. The summed E-state index contributed by atoms with van der Waals surface area (Å²) >= 11 is 0. The number of benzene rings is 1. The normalized spacial score (nSPS) is 11.6. The van der Waals surface area contributed by atoms with Crippen molar-refractivity contribution in [3.05, 3.63) is 39.9 Å². The summed E-state index contributed by atoms with van der Waals surface area (Å²) in [4.78, 5) is 32.2. The van der Waals surface area contributed by atoms with Crippen LogP contribution in [0.15, 0.2) is 24.3 Å². The second-order valence-corrected chi connectivity index (χ2v) is 3.46. The number of hydrogen-bond donors (Lipinski definition) is 0. The lowest BCUT2D eigenvalue weighted by atomic mass is 10.2. The van der Waals surface area contributed by atoms with Crippen LogP contribution in [0.25, 0.3) is 0 Å². The lowest BCUT2D eigenvalue weighted by molar-refractivity contribution is -0.384. The maximum absolute atomic E-state index is 11.5. The largest absolute Gasteiger partial charge is 0.451 e. The number of nitro benzene ring substituents is 1. The lowest BCUT2D eigenvalue weighted by Gasteiger charge is -2.09. The van der Waals surface area contributed by atoms with Gasteiger partial charge in [-0.2, -0.15) is 0 Å². The molecule has 6 nitrogen and oxygen atoms in total. The van der Waals surface area contributed by atoms with Crippen molar-refractivity contribution in [3.8, 4) is 0 Å². The smallest absolute Gasteiger partial charge is 0.338 e. The Balaban J connectivity index is 2.77. The van der Waals surface area contributed by atoms with Crippen molar-refractivity contribution in [1.29, 1.82) is 0 Å². The lowest BCUT2D eigenvalue weighted by Crippen LogP contribution is -2.21. The second kappa shape index (κ2) is 5.20. The van der Waals surface area contributed by atoms with Crippen LogP contribution in [-0.4, -0.2) is 22.8 Å². The molecule has 0 heterocycles. The van der Waals surface area contributed by atoms with Crippen molar-refractivity contribution in [2.45, 2.75) is 20.0 Å². The second-order valence-electron chi connectivity index (χ2n) is 3.46. The molecule has 0 amide bonds. The molecule has 0 N–H and O–H groups in total. The van der Waals surface area contributed by atoms with Gasteiger partial charge in [-0.1, -0.05) is 0 Å². The first kappa shape index (κ1) is 12.8. The molecular weight excluding hydrogens is 226 g/mol. The van der Waals surface area contributed by atoms with Gasteiger partial charge in [-0.3, -0.25) is 14.9 Å². The van der Waals surface area contributed by atoms with Gasteiger partial charge in [0.15, 0.2) is 11.9 Å². The molecular formula is C11H11NO5. The number of carbonyl (C=O) groups is 2. The van der Waals surface area contributed by atoms with Crippen LogP contribution in [0.3, 0.4) is 0 Å². The number of rotatable bonds is 4. The average Bonchev–Trinajstić information content (AvgIpc) is 2.28.